The number of rotatable bonds is 4. The van der Waals surface area contributed by atoms with Crippen molar-refractivity contribution in [2.45, 2.75) is 19.8 Å². The Labute approximate surface area is 166 Å². The number of halogens is 2. The van der Waals surface area contributed by atoms with Crippen LogP contribution in [0.15, 0.2) is 65.3 Å². The fourth-order valence-corrected chi connectivity index (χ4v) is 3.30. The average Bonchev–Trinajstić information content (AvgIpc) is 2.67. The Morgan fingerprint density at radius 2 is 2.03 bits per heavy atom. The molecule has 2 N–H and O–H groups in total. The molecule has 7 heteroatoms. The lowest BCUT2D eigenvalue weighted by Gasteiger charge is -2.27. The molecule has 3 rings (SSSR count). The zero-order chi connectivity index (χ0) is 21.1. The van der Waals surface area contributed by atoms with E-state index >= 15 is 0 Å². The topological polar surface area (TPSA) is 85.3 Å². The SMILES string of the molecule is CCOC(=O)C1=C(C)OC(N)=C(C#N)C1c1cccc(-c2ccc(F)cc2F)c1. The molecule has 29 heavy (non-hydrogen) atoms. The summed E-state index contributed by atoms with van der Waals surface area (Å²) in [4.78, 5) is 12.6. The Morgan fingerprint density at radius 1 is 1.28 bits per heavy atom. The highest BCUT2D eigenvalue weighted by molar-refractivity contribution is 5.92. The summed E-state index contributed by atoms with van der Waals surface area (Å²) in [5.41, 5.74) is 7.25. The molecule has 2 aromatic carbocycles. The lowest BCUT2D eigenvalue weighted by molar-refractivity contribution is -0.139. The monoisotopic (exact) mass is 396 g/mol. The van der Waals surface area contributed by atoms with Crippen molar-refractivity contribution >= 4 is 5.97 Å². The van der Waals surface area contributed by atoms with E-state index in [1.165, 1.54) is 6.07 Å². The van der Waals surface area contributed by atoms with Gasteiger partial charge < -0.3 is 15.2 Å². The van der Waals surface area contributed by atoms with Crippen LogP contribution in [0.25, 0.3) is 11.1 Å². The number of benzene rings is 2. The number of ether oxygens (including phenoxy) is 2. The second kappa shape index (κ2) is 8.15. The van der Waals surface area contributed by atoms with Gasteiger partial charge in [-0.2, -0.15) is 5.26 Å². The predicted octanol–water partition coefficient (Wildman–Crippen LogP) is 4.28. The van der Waals surface area contributed by atoms with E-state index < -0.39 is 23.5 Å². The fraction of sp³-hybridized carbons (Fsp3) is 0.182. The van der Waals surface area contributed by atoms with Gasteiger partial charge in [-0.25, -0.2) is 13.6 Å². The van der Waals surface area contributed by atoms with Gasteiger partial charge in [0.25, 0.3) is 0 Å². The van der Waals surface area contributed by atoms with Crippen LogP contribution < -0.4 is 5.73 Å². The molecule has 0 saturated carbocycles. The molecule has 0 amide bonds. The highest BCUT2D eigenvalue weighted by atomic mass is 19.1. The first-order valence-electron chi connectivity index (χ1n) is 8.88. The molecule has 1 aliphatic heterocycles. The maximum absolute atomic E-state index is 14.3. The predicted molar refractivity (Wildman–Crippen MR) is 102 cm³/mol. The molecule has 0 aromatic heterocycles. The quantitative estimate of drug-likeness (QED) is 0.780. The minimum atomic E-state index is -0.837. The maximum atomic E-state index is 14.3. The van der Waals surface area contributed by atoms with E-state index in [-0.39, 0.29) is 35.0 Å². The first kappa shape index (κ1) is 20.1. The Balaban J connectivity index is 2.16. The third kappa shape index (κ3) is 3.83. The lowest BCUT2D eigenvalue weighted by Crippen LogP contribution is -2.25. The van der Waals surface area contributed by atoms with Gasteiger partial charge >= 0.3 is 5.97 Å². The van der Waals surface area contributed by atoms with Gasteiger partial charge in [0.15, 0.2) is 0 Å². The minimum absolute atomic E-state index is 0.0513. The van der Waals surface area contributed by atoms with Crippen LogP contribution in [-0.2, 0) is 14.3 Å². The number of nitrogens with zero attached hydrogens (tertiary/aromatic N) is 1. The number of nitriles is 1. The van der Waals surface area contributed by atoms with Gasteiger partial charge in [-0.05, 0) is 37.1 Å². The van der Waals surface area contributed by atoms with Crippen molar-refractivity contribution in [3.8, 4) is 17.2 Å². The normalized spacial score (nSPS) is 16.3. The van der Waals surface area contributed by atoms with Crippen LogP contribution in [0.3, 0.4) is 0 Å². The van der Waals surface area contributed by atoms with E-state index in [1.54, 1.807) is 38.1 Å². The first-order chi connectivity index (χ1) is 13.9. The van der Waals surface area contributed by atoms with Crippen molar-refractivity contribution in [2.24, 2.45) is 5.73 Å². The Kier molecular flexibility index (Phi) is 5.64. The molecule has 1 unspecified atom stereocenters. The second-order valence-electron chi connectivity index (χ2n) is 6.36. The van der Waals surface area contributed by atoms with Crippen molar-refractivity contribution in [2.75, 3.05) is 6.61 Å². The molecule has 0 saturated heterocycles. The van der Waals surface area contributed by atoms with Crippen LogP contribution in [0.5, 0.6) is 0 Å². The van der Waals surface area contributed by atoms with E-state index in [4.69, 9.17) is 15.2 Å². The number of hydrogen-bond donors (Lipinski definition) is 1. The van der Waals surface area contributed by atoms with E-state index in [2.05, 4.69) is 0 Å². The molecule has 1 aliphatic rings. The molecule has 0 radical (unpaired) electrons. The minimum Gasteiger partial charge on any atom is -0.463 e. The Hall–Kier alpha value is -3.66. The number of nitrogens with two attached hydrogens (primary N) is 1. The molecule has 2 aromatic rings. The third-order valence-corrected chi connectivity index (χ3v) is 4.56. The molecule has 5 nitrogen and oxygen atoms in total. The summed E-state index contributed by atoms with van der Waals surface area (Å²) in [6, 6.07) is 11.9. The van der Waals surface area contributed by atoms with Crippen molar-refractivity contribution in [1.82, 2.24) is 0 Å². The van der Waals surface area contributed by atoms with Gasteiger partial charge in [-0.3, -0.25) is 0 Å². The molecule has 148 valence electrons. The van der Waals surface area contributed by atoms with Crippen molar-refractivity contribution in [3.63, 3.8) is 0 Å². The average molecular weight is 396 g/mol. The second-order valence-corrected chi connectivity index (χ2v) is 6.36. The number of esters is 1. The van der Waals surface area contributed by atoms with Crippen LogP contribution in [0.4, 0.5) is 8.78 Å². The summed E-state index contributed by atoms with van der Waals surface area (Å²) in [5.74, 6) is -2.76. The largest absolute Gasteiger partial charge is 0.463 e. The van der Waals surface area contributed by atoms with Gasteiger partial charge in [0, 0.05) is 11.6 Å². The molecule has 1 heterocycles. The summed E-state index contributed by atoms with van der Waals surface area (Å²) in [5, 5.41) is 9.63. The van der Waals surface area contributed by atoms with Gasteiger partial charge in [0.2, 0.25) is 5.88 Å². The standard InChI is InChI=1S/C22H18F2N2O3/c1-3-28-22(27)19-12(2)29-21(26)17(11-25)20(19)14-6-4-5-13(9-14)16-8-7-15(23)10-18(16)24/h4-10,20H,3,26H2,1-2H3. The van der Waals surface area contributed by atoms with Crippen molar-refractivity contribution < 1.29 is 23.0 Å². The Bertz CT molecular complexity index is 1080. The van der Waals surface area contributed by atoms with E-state index in [9.17, 15) is 18.8 Å². The zero-order valence-electron chi connectivity index (χ0n) is 15.8. The first-order valence-corrected chi connectivity index (χ1v) is 8.88. The Morgan fingerprint density at radius 3 is 2.69 bits per heavy atom. The van der Waals surface area contributed by atoms with E-state index in [0.29, 0.717) is 11.1 Å². The van der Waals surface area contributed by atoms with Gasteiger partial charge in [-0.1, -0.05) is 24.3 Å². The summed E-state index contributed by atoms with van der Waals surface area (Å²) >= 11 is 0. The molecule has 1 atom stereocenters. The van der Waals surface area contributed by atoms with Crippen LogP contribution >= 0.6 is 0 Å². The van der Waals surface area contributed by atoms with Crippen LogP contribution in [-0.4, -0.2) is 12.6 Å². The number of carbonyl (C=O) groups is 1. The number of carbonyl (C=O) groups excluding carboxylic acids is 1. The molecular formula is C22H18F2N2O3. The highest BCUT2D eigenvalue weighted by Crippen LogP contribution is 2.40. The van der Waals surface area contributed by atoms with Crippen molar-refractivity contribution in [3.05, 3.63) is 82.5 Å². The van der Waals surface area contributed by atoms with Crippen molar-refractivity contribution in [1.29, 1.82) is 5.26 Å². The fourth-order valence-electron chi connectivity index (χ4n) is 3.30. The summed E-state index contributed by atoms with van der Waals surface area (Å²) in [6.45, 7) is 3.37. The number of hydrogen-bond acceptors (Lipinski definition) is 5. The zero-order valence-corrected chi connectivity index (χ0v) is 15.8. The molecular weight excluding hydrogens is 378 g/mol. The van der Waals surface area contributed by atoms with Gasteiger partial charge in [0.1, 0.15) is 29.0 Å². The molecule has 0 aliphatic carbocycles. The molecule has 0 fully saturated rings. The highest BCUT2D eigenvalue weighted by Gasteiger charge is 2.36. The smallest absolute Gasteiger partial charge is 0.338 e. The summed E-state index contributed by atoms with van der Waals surface area (Å²) < 4.78 is 38.0. The maximum Gasteiger partial charge on any atom is 0.338 e. The van der Waals surface area contributed by atoms with Crippen LogP contribution in [0, 0.1) is 23.0 Å². The summed E-state index contributed by atoms with van der Waals surface area (Å²) in [6.07, 6.45) is 0. The van der Waals surface area contributed by atoms with Gasteiger partial charge in [0.05, 0.1) is 18.1 Å². The van der Waals surface area contributed by atoms with Crippen LogP contribution in [0.2, 0.25) is 0 Å². The molecule has 0 spiro atoms. The van der Waals surface area contributed by atoms with Gasteiger partial charge in [-0.15, -0.1) is 0 Å². The number of allylic oxidation sites excluding steroid dienone is 2. The molecule has 0 bridgehead atoms. The van der Waals surface area contributed by atoms with Crippen LogP contribution in [0.1, 0.15) is 25.3 Å². The lowest BCUT2D eigenvalue weighted by atomic mass is 9.82. The van der Waals surface area contributed by atoms with E-state index in [1.807, 2.05) is 6.07 Å². The van der Waals surface area contributed by atoms with E-state index in [0.717, 1.165) is 12.1 Å². The third-order valence-electron chi connectivity index (χ3n) is 4.56. The summed E-state index contributed by atoms with van der Waals surface area (Å²) in [7, 11) is 0.